The lowest BCUT2D eigenvalue weighted by atomic mass is 9.87. The monoisotopic (exact) mass is 588 g/mol. The van der Waals surface area contributed by atoms with Gasteiger partial charge in [0, 0.05) is 66.1 Å². The summed E-state index contributed by atoms with van der Waals surface area (Å²) in [6.07, 6.45) is 5.38. The third kappa shape index (κ3) is 5.45. The quantitative estimate of drug-likeness (QED) is 0.477. The fourth-order valence-electron chi connectivity index (χ4n) is 6.55. The highest BCUT2D eigenvalue weighted by Gasteiger charge is 2.41. The highest BCUT2D eigenvalue weighted by atomic mass is 35.5. The first kappa shape index (κ1) is 27.5. The number of piperidine rings is 1. The van der Waals surface area contributed by atoms with Gasteiger partial charge in [0.2, 0.25) is 5.91 Å². The van der Waals surface area contributed by atoms with Gasteiger partial charge in [-0.1, -0.05) is 35.3 Å². The molecule has 0 bridgehead atoms. The van der Waals surface area contributed by atoms with Crippen LogP contribution < -0.4 is 5.32 Å². The number of benzene rings is 2. The molecule has 1 N–H and O–H groups in total. The second-order valence-corrected chi connectivity index (χ2v) is 12.3. The summed E-state index contributed by atoms with van der Waals surface area (Å²) < 4.78 is 26.9. The average Bonchev–Trinajstić information content (AvgIpc) is 3.56. The Labute approximate surface area is 242 Å². The standard InChI is InChI=1S/C30H32Cl2F2N4O2/c31-24-14-21(18-1-3-19(4-2-18)28(39)37-11-8-30(33,34)9-12-37)15-25(32)23(24)13-20-7-10-38(29(20)40)22-5-6-26-27(16-22)36-17-35-26/h1-4,14-15,17,20,22,26-27H,5-13,16H2,(H,35,36)/t20-,22?,26?,27?/m0/s1. The summed E-state index contributed by atoms with van der Waals surface area (Å²) in [5.74, 6) is -2.92. The van der Waals surface area contributed by atoms with Crippen molar-refractivity contribution in [3.05, 3.63) is 57.6 Å². The molecule has 2 aromatic rings. The third-order valence-electron chi connectivity index (χ3n) is 8.97. The Kier molecular flexibility index (Phi) is 7.51. The summed E-state index contributed by atoms with van der Waals surface area (Å²) in [5.41, 5.74) is 2.86. The van der Waals surface area contributed by atoms with Crippen molar-refractivity contribution in [2.75, 3.05) is 19.6 Å². The lowest BCUT2D eigenvalue weighted by molar-refractivity contribution is -0.133. The zero-order valence-electron chi connectivity index (χ0n) is 22.1. The van der Waals surface area contributed by atoms with Crippen LogP contribution in [0.5, 0.6) is 0 Å². The Morgan fingerprint density at radius 3 is 2.40 bits per heavy atom. The van der Waals surface area contributed by atoms with E-state index >= 15 is 0 Å². The number of nitrogens with zero attached hydrogens (tertiary/aromatic N) is 3. The predicted molar refractivity (Wildman–Crippen MR) is 152 cm³/mol. The van der Waals surface area contributed by atoms with Crippen molar-refractivity contribution < 1.29 is 18.4 Å². The van der Waals surface area contributed by atoms with Crippen molar-refractivity contribution in [3.8, 4) is 11.1 Å². The summed E-state index contributed by atoms with van der Waals surface area (Å²) in [6, 6.07) is 11.6. The molecule has 2 saturated heterocycles. The Hall–Kier alpha value is -2.71. The van der Waals surface area contributed by atoms with Crippen LogP contribution in [0.4, 0.5) is 8.78 Å². The molecule has 3 fully saturated rings. The number of likely N-dealkylation sites (tertiary alicyclic amines) is 2. The SMILES string of the molecule is O=C(c1ccc(-c2cc(Cl)c(C[C@@H]3CCN(C4CCC5NC=NC5C4)C3=O)c(Cl)c2)cc1)N1CCC(F)(F)CC1. The average molecular weight is 590 g/mol. The van der Waals surface area contributed by atoms with E-state index in [9.17, 15) is 18.4 Å². The Bertz CT molecular complexity index is 1300. The fraction of sp³-hybridized carbons (Fsp3) is 0.500. The van der Waals surface area contributed by atoms with Crippen LogP contribution >= 0.6 is 23.2 Å². The van der Waals surface area contributed by atoms with Gasteiger partial charge in [-0.3, -0.25) is 14.6 Å². The molecule has 2 amide bonds. The van der Waals surface area contributed by atoms with Crippen molar-refractivity contribution in [2.24, 2.45) is 10.9 Å². The van der Waals surface area contributed by atoms with Crippen LogP contribution in [-0.4, -0.2) is 71.6 Å². The minimum absolute atomic E-state index is 0.0508. The summed E-state index contributed by atoms with van der Waals surface area (Å²) in [6.45, 7) is 0.853. The van der Waals surface area contributed by atoms with Crippen molar-refractivity contribution in [3.63, 3.8) is 0 Å². The minimum atomic E-state index is -2.70. The van der Waals surface area contributed by atoms with E-state index in [4.69, 9.17) is 23.2 Å². The fourth-order valence-corrected chi connectivity index (χ4v) is 7.19. The van der Waals surface area contributed by atoms with Gasteiger partial charge in [-0.25, -0.2) is 8.78 Å². The number of hydrogen-bond donors (Lipinski definition) is 1. The van der Waals surface area contributed by atoms with E-state index in [0.717, 1.165) is 48.9 Å². The molecule has 1 saturated carbocycles. The second kappa shape index (κ2) is 10.9. The maximum absolute atomic E-state index is 13.5. The van der Waals surface area contributed by atoms with E-state index in [2.05, 4.69) is 10.3 Å². The van der Waals surface area contributed by atoms with Gasteiger partial charge in [-0.05, 0) is 73.1 Å². The highest BCUT2D eigenvalue weighted by Crippen LogP contribution is 2.37. The molecule has 212 valence electrons. The number of alkyl halides is 2. The Morgan fingerprint density at radius 1 is 1.00 bits per heavy atom. The summed E-state index contributed by atoms with van der Waals surface area (Å²) in [5, 5.41) is 4.33. The topological polar surface area (TPSA) is 65.0 Å². The number of carbonyl (C=O) groups excluding carboxylic acids is 2. The van der Waals surface area contributed by atoms with Crippen LogP contribution in [-0.2, 0) is 11.2 Å². The molecule has 3 heterocycles. The van der Waals surface area contributed by atoms with Gasteiger partial charge < -0.3 is 15.1 Å². The molecule has 3 aliphatic heterocycles. The lowest BCUT2D eigenvalue weighted by Gasteiger charge is -2.36. The molecule has 6 nitrogen and oxygen atoms in total. The summed E-state index contributed by atoms with van der Waals surface area (Å²) in [7, 11) is 0. The first-order valence-corrected chi connectivity index (χ1v) is 14.8. The normalized spacial score (nSPS) is 27.6. The first-order chi connectivity index (χ1) is 19.2. The molecule has 0 aromatic heterocycles. The molecule has 40 heavy (non-hydrogen) atoms. The van der Waals surface area contributed by atoms with Gasteiger partial charge in [0.1, 0.15) is 0 Å². The molecule has 3 unspecified atom stereocenters. The number of nitrogens with one attached hydrogen (secondary N) is 1. The van der Waals surface area contributed by atoms with Crippen LogP contribution in [0.1, 0.15) is 54.4 Å². The molecule has 10 heteroatoms. The van der Waals surface area contributed by atoms with Gasteiger partial charge >= 0.3 is 0 Å². The van der Waals surface area contributed by atoms with E-state index in [1.807, 2.05) is 29.2 Å². The molecule has 6 rings (SSSR count). The van der Waals surface area contributed by atoms with Gasteiger partial charge in [-0.15, -0.1) is 0 Å². The maximum Gasteiger partial charge on any atom is 0.253 e. The second-order valence-electron chi connectivity index (χ2n) is 11.5. The van der Waals surface area contributed by atoms with Crippen LogP contribution in [0, 0.1) is 5.92 Å². The predicted octanol–water partition coefficient (Wildman–Crippen LogP) is 5.84. The van der Waals surface area contributed by atoms with Crippen LogP contribution in [0.3, 0.4) is 0 Å². The maximum atomic E-state index is 13.5. The Morgan fingerprint density at radius 2 is 1.70 bits per heavy atom. The molecule has 2 aromatic carbocycles. The molecular weight excluding hydrogens is 557 g/mol. The highest BCUT2D eigenvalue weighted by molar-refractivity contribution is 6.36. The minimum Gasteiger partial charge on any atom is -0.372 e. The van der Waals surface area contributed by atoms with E-state index < -0.39 is 5.92 Å². The number of aliphatic imine (C=N–C) groups is 1. The number of carbonyl (C=O) groups is 2. The van der Waals surface area contributed by atoms with E-state index in [0.29, 0.717) is 28.1 Å². The van der Waals surface area contributed by atoms with Gasteiger partial charge in [0.05, 0.1) is 12.4 Å². The van der Waals surface area contributed by atoms with Crippen molar-refractivity contribution in [2.45, 2.75) is 69.0 Å². The number of rotatable bonds is 5. The van der Waals surface area contributed by atoms with Crippen LogP contribution in [0.15, 0.2) is 41.4 Å². The van der Waals surface area contributed by atoms with Crippen molar-refractivity contribution >= 4 is 41.4 Å². The number of hydrogen-bond acceptors (Lipinski definition) is 4. The summed E-state index contributed by atoms with van der Waals surface area (Å²) in [4.78, 5) is 34.2. The molecule has 1 aliphatic carbocycles. The number of fused-ring (bicyclic) bond motifs is 1. The lowest BCUT2D eigenvalue weighted by Crippen LogP contribution is -2.47. The smallest absolute Gasteiger partial charge is 0.253 e. The van der Waals surface area contributed by atoms with Crippen molar-refractivity contribution in [1.82, 2.24) is 15.1 Å². The van der Waals surface area contributed by atoms with Crippen LogP contribution in [0.2, 0.25) is 10.0 Å². The molecular formula is C30H32Cl2F2N4O2. The van der Waals surface area contributed by atoms with Gasteiger partial charge in [0.15, 0.2) is 0 Å². The van der Waals surface area contributed by atoms with Gasteiger partial charge in [0.25, 0.3) is 11.8 Å². The van der Waals surface area contributed by atoms with Gasteiger partial charge in [-0.2, -0.15) is 0 Å². The Balaban J connectivity index is 1.10. The van der Waals surface area contributed by atoms with E-state index in [1.165, 1.54) is 4.90 Å². The molecule has 4 aliphatic rings. The zero-order chi connectivity index (χ0) is 28.0. The molecule has 0 spiro atoms. The van der Waals surface area contributed by atoms with Crippen molar-refractivity contribution in [1.29, 1.82) is 0 Å². The van der Waals surface area contributed by atoms with Crippen LogP contribution in [0.25, 0.3) is 11.1 Å². The first-order valence-electron chi connectivity index (χ1n) is 14.0. The van der Waals surface area contributed by atoms with E-state index in [-0.39, 0.29) is 55.7 Å². The third-order valence-corrected chi connectivity index (χ3v) is 9.65. The molecule has 0 radical (unpaired) electrons. The zero-order valence-corrected chi connectivity index (χ0v) is 23.6. The summed E-state index contributed by atoms with van der Waals surface area (Å²) >= 11 is 13.4. The van der Waals surface area contributed by atoms with E-state index in [1.54, 1.807) is 18.5 Å². The largest absolute Gasteiger partial charge is 0.372 e. The molecule has 4 atom stereocenters. The number of halogens is 4. The number of amides is 2.